The highest BCUT2D eigenvalue weighted by molar-refractivity contribution is 4.87. The molecule has 0 aromatic heterocycles. The lowest BCUT2D eigenvalue weighted by Gasteiger charge is -2.40. The van der Waals surface area contributed by atoms with Crippen molar-refractivity contribution < 1.29 is 4.74 Å². The molecule has 0 amide bonds. The number of hydrogen-bond donors (Lipinski definition) is 1. The third-order valence-corrected chi connectivity index (χ3v) is 3.50. The van der Waals surface area contributed by atoms with Crippen LogP contribution in [0.15, 0.2) is 0 Å². The third kappa shape index (κ3) is 5.36. The molecule has 0 bridgehead atoms. The lowest BCUT2D eigenvalue weighted by atomic mass is 9.82. The predicted molar refractivity (Wildman–Crippen MR) is 73.1 cm³/mol. The molecule has 0 heterocycles. The van der Waals surface area contributed by atoms with E-state index in [4.69, 9.17) is 10.5 Å². The van der Waals surface area contributed by atoms with Crippen LogP contribution in [0.3, 0.4) is 0 Å². The molecule has 2 unspecified atom stereocenters. The first kappa shape index (κ1) is 14.9. The summed E-state index contributed by atoms with van der Waals surface area (Å²) in [4.78, 5) is 2.34. The topological polar surface area (TPSA) is 38.5 Å². The van der Waals surface area contributed by atoms with Gasteiger partial charge in [-0.15, -0.1) is 0 Å². The monoisotopic (exact) mass is 242 g/mol. The second-order valence-corrected chi connectivity index (χ2v) is 6.67. The Morgan fingerprint density at radius 1 is 1.35 bits per heavy atom. The van der Waals surface area contributed by atoms with E-state index in [1.165, 1.54) is 12.8 Å². The van der Waals surface area contributed by atoms with Gasteiger partial charge in [0.05, 0.1) is 6.61 Å². The van der Waals surface area contributed by atoms with Crippen LogP contribution in [0.4, 0.5) is 0 Å². The highest BCUT2D eigenvalue weighted by Crippen LogP contribution is 2.29. The number of hydrogen-bond acceptors (Lipinski definition) is 3. The zero-order valence-electron chi connectivity index (χ0n) is 12.2. The minimum Gasteiger partial charge on any atom is -0.380 e. The van der Waals surface area contributed by atoms with Crippen molar-refractivity contribution in [3.8, 4) is 0 Å². The zero-order chi connectivity index (χ0) is 13.1. The molecule has 0 spiro atoms. The number of likely N-dealkylation sites (N-methyl/N-ethyl adjacent to an activating group) is 1. The molecule has 0 aromatic carbocycles. The standard InChI is InChI=1S/C14H30N2O/c1-11(15)13(14(2,3)4)16(5)8-9-17-10-12-6-7-12/h11-13H,6-10,15H2,1-5H3. The van der Waals surface area contributed by atoms with Crippen molar-refractivity contribution >= 4 is 0 Å². The maximum Gasteiger partial charge on any atom is 0.0593 e. The van der Waals surface area contributed by atoms with Crippen molar-refractivity contribution in [2.75, 3.05) is 26.8 Å². The van der Waals surface area contributed by atoms with Gasteiger partial charge in [-0.3, -0.25) is 4.90 Å². The van der Waals surface area contributed by atoms with Crippen LogP contribution in [-0.2, 0) is 4.74 Å². The molecular weight excluding hydrogens is 212 g/mol. The van der Waals surface area contributed by atoms with Crippen LogP contribution in [0.1, 0.15) is 40.5 Å². The summed E-state index contributed by atoms with van der Waals surface area (Å²) in [5, 5.41) is 0. The lowest BCUT2D eigenvalue weighted by Crippen LogP contribution is -2.52. The number of ether oxygens (including phenoxy) is 1. The Morgan fingerprint density at radius 3 is 2.35 bits per heavy atom. The number of nitrogens with zero attached hydrogens (tertiary/aromatic N) is 1. The Kier molecular flexibility index (Phi) is 5.42. The first-order valence-electron chi connectivity index (χ1n) is 6.86. The zero-order valence-corrected chi connectivity index (χ0v) is 12.2. The van der Waals surface area contributed by atoms with Gasteiger partial charge in [0.1, 0.15) is 0 Å². The van der Waals surface area contributed by atoms with Gasteiger partial charge in [-0.1, -0.05) is 20.8 Å². The molecule has 0 saturated heterocycles. The van der Waals surface area contributed by atoms with Gasteiger partial charge >= 0.3 is 0 Å². The van der Waals surface area contributed by atoms with Crippen LogP contribution < -0.4 is 5.73 Å². The SMILES string of the molecule is CC(N)C(N(C)CCOCC1CC1)C(C)(C)C. The molecule has 102 valence electrons. The van der Waals surface area contributed by atoms with E-state index >= 15 is 0 Å². The van der Waals surface area contributed by atoms with Crippen LogP contribution in [0, 0.1) is 11.3 Å². The van der Waals surface area contributed by atoms with E-state index in [-0.39, 0.29) is 11.5 Å². The van der Waals surface area contributed by atoms with Crippen LogP contribution >= 0.6 is 0 Å². The Hall–Kier alpha value is -0.120. The van der Waals surface area contributed by atoms with E-state index in [0.717, 1.165) is 25.7 Å². The molecular formula is C14H30N2O. The molecule has 1 rings (SSSR count). The molecule has 1 aliphatic carbocycles. The van der Waals surface area contributed by atoms with Gasteiger partial charge < -0.3 is 10.5 Å². The fourth-order valence-electron chi connectivity index (χ4n) is 2.73. The molecule has 2 atom stereocenters. The van der Waals surface area contributed by atoms with E-state index < -0.39 is 0 Å². The van der Waals surface area contributed by atoms with Crippen molar-refractivity contribution in [1.82, 2.24) is 4.90 Å². The second kappa shape index (κ2) is 6.17. The molecule has 3 nitrogen and oxygen atoms in total. The summed E-state index contributed by atoms with van der Waals surface area (Å²) >= 11 is 0. The molecule has 1 aliphatic rings. The van der Waals surface area contributed by atoms with E-state index in [1.807, 2.05) is 0 Å². The highest BCUT2D eigenvalue weighted by atomic mass is 16.5. The quantitative estimate of drug-likeness (QED) is 0.695. The molecule has 3 heteroatoms. The van der Waals surface area contributed by atoms with Crippen molar-refractivity contribution in [2.24, 2.45) is 17.1 Å². The first-order chi connectivity index (χ1) is 7.82. The fraction of sp³-hybridized carbons (Fsp3) is 1.00. The Balaban J connectivity index is 2.28. The first-order valence-corrected chi connectivity index (χ1v) is 6.86. The van der Waals surface area contributed by atoms with Crippen molar-refractivity contribution in [3.05, 3.63) is 0 Å². The highest BCUT2D eigenvalue weighted by Gasteiger charge is 2.31. The Morgan fingerprint density at radius 2 is 1.94 bits per heavy atom. The van der Waals surface area contributed by atoms with Crippen molar-refractivity contribution in [3.63, 3.8) is 0 Å². The average molecular weight is 242 g/mol. The third-order valence-electron chi connectivity index (χ3n) is 3.50. The largest absolute Gasteiger partial charge is 0.380 e. The van der Waals surface area contributed by atoms with Crippen LogP contribution in [-0.4, -0.2) is 43.8 Å². The lowest BCUT2D eigenvalue weighted by molar-refractivity contribution is 0.0559. The molecule has 0 aliphatic heterocycles. The number of nitrogens with two attached hydrogens (primary N) is 1. The molecule has 17 heavy (non-hydrogen) atoms. The van der Waals surface area contributed by atoms with Gasteiger partial charge in [0.2, 0.25) is 0 Å². The second-order valence-electron chi connectivity index (χ2n) is 6.67. The van der Waals surface area contributed by atoms with E-state index in [9.17, 15) is 0 Å². The van der Waals surface area contributed by atoms with Gasteiger partial charge in [-0.05, 0) is 38.1 Å². The van der Waals surface area contributed by atoms with E-state index in [0.29, 0.717) is 6.04 Å². The molecule has 1 saturated carbocycles. The fourth-order valence-corrected chi connectivity index (χ4v) is 2.73. The minimum atomic E-state index is 0.184. The maximum absolute atomic E-state index is 6.10. The van der Waals surface area contributed by atoms with Gasteiger partial charge in [0.15, 0.2) is 0 Å². The van der Waals surface area contributed by atoms with E-state index in [1.54, 1.807) is 0 Å². The summed E-state index contributed by atoms with van der Waals surface area (Å²) in [6.07, 6.45) is 2.72. The van der Waals surface area contributed by atoms with Crippen molar-refractivity contribution in [1.29, 1.82) is 0 Å². The number of rotatable bonds is 7. The maximum atomic E-state index is 6.10. The van der Waals surface area contributed by atoms with Gasteiger partial charge in [0, 0.05) is 25.2 Å². The van der Waals surface area contributed by atoms with Crippen LogP contribution in [0.5, 0.6) is 0 Å². The molecule has 1 fully saturated rings. The van der Waals surface area contributed by atoms with Gasteiger partial charge in [-0.25, -0.2) is 0 Å². The summed E-state index contributed by atoms with van der Waals surface area (Å²) in [6, 6.07) is 0.579. The summed E-state index contributed by atoms with van der Waals surface area (Å²) < 4.78 is 5.69. The Bertz CT molecular complexity index is 219. The minimum absolute atomic E-state index is 0.184. The predicted octanol–water partition coefficient (Wildman–Crippen LogP) is 2.11. The van der Waals surface area contributed by atoms with Crippen molar-refractivity contribution in [2.45, 2.75) is 52.6 Å². The summed E-state index contributed by atoms with van der Waals surface area (Å²) in [5.41, 5.74) is 6.31. The smallest absolute Gasteiger partial charge is 0.0593 e. The average Bonchev–Trinajstić information content (AvgIpc) is 2.92. The molecule has 0 aromatic rings. The van der Waals surface area contributed by atoms with E-state index in [2.05, 4.69) is 39.6 Å². The van der Waals surface area contributed by atoms with Crippen LogP contribution in [0.25, 0.3) is 0 Å². The Labute approximate surface area is 107 Å². The van der Waals surface area contributed by atoms with Crippen LogP contribution in [0.2, 0.25) is 0 Å². The summed E-state index contributed by atoms with van der Waals surface area (Å²) in [5.74, 6) is 0.854. The normalized spacial score (nSPS) is 20.6. The molecule has 0 radical (unpaired) electrons. The van der Waals surface area contributed by atoms with Gasteiger partial charge in [0.25, 0.3) is 0 Å². The molecule has 2 N–H and O–H groups in total. The summed E-state index contributed by atoms with van der Waals surface area (Å²) in [6.45, 7) is 11.6. The van der Waals surface area contributed by atoms with Gasteiger partial charge in [-0.2, -0.15) is 0 Å². The summed E-state index contributed by atoms with van der Waals surface area (Å²) in [7, 11) is 2.15.